The molecule has 5 nitrogen and oxygen atoms in total. The Kier molecular flexibility index (Phi) is 3.41. The third kappa shape index (κ3) is 2.25. The minimum absolute atomic E-state index is 0.0685. The van der Waals surface area contributed by atoms with E-state index in [9.17, 15) is 10.1 Å². The molecule has 98 valence electrons. The van der Waals surface area contributed by atoms with Crippen LogP contribution in [0.15, 0.2) is 18.2 Å². The van der Waals surface area contributed by atoms with Gasteiger partial charge < -0.3 is 10.6 Å². The Hall–Kier alpha value is -1.78. The van der Waals surface area contributed by atoms with Crippen molar-refractivity contribution in [3.8, 4) is 0 Å². The highest BCUT2D eigenvalue weighted by atomic mass is 16.6. The molecule has 0 spiro atoms. The van der Waals surface area contributed by atoms with Gasteiger partial charge in [0.05, 0.1) is 4.92 Å². The van der Waals surface area contributed by atoms with Crippen molar-refractivity contribution >= 4 is 17.1 Å². The summed E-state index contributed by atoms with van der Waals surface area (Å²) in [6, 6.07) is 5.74. The standard InChI is InChI=1S/C13H19N3O2/c1-3-11-5-4-9(2)15(11)12-6-10(14)7-13(8-12)16(17)18/h6-9,11H,3-5,14H2,1-2H3. The van der Waals surface area contributed by atoms with Gasteiger partial charge in [-0.15, -0.1) is 0 Å². The second kappa shape index (κ2) is 4.84. The average molecular weight is 249 g/mol. The van der Waals surface area contributed by atoms with Crippen LogP contribution in [-0.2, 0) is 0 Å². The van der Waals surface area contributed by atoms with Crippen LogP contribution < -0.4 is 10.6 Å². The lowest BCUT2D eigenvalue weighted by atomic mass is 10.1. The molecule has 0 radical (unpaired) electrons. The molecule has 1 aliphatic rings. The van der Waals surface area contributed by atoms with Crippen molar-refractivity contribution in [2.75, 3.05) is 10.6 Å². The van der Waals surface area contributed by atoms with Crippen LogP contribution in [0.2, 0.25) is 0 Å². The van der Waals surface area contributed by atoms with Gasteiger partial charge in [0.15, 0.2) is 0 Å². The van der Waals surface area contributed by atoms with Crippen LogP contribution >= 0.6 is 0 Å². The lowest BCUT2D eigenvalue weighted by molar-refractivity contribution is -0.384. The van der Waals surface area contributed by atoms with E-state index < -0.39 is 0 Å². The Morgan fingerprint density at radius 1 is 1.44 bits per heavy atom. The number of hydrogen-bond acceptors (Lipinski definition) is 4. The van der Waals surface area contributed by atoms with E-state index in [1.54, 1.807) is 6.07 Å². The van der Waals surface area contributed by atoms with Crippen LogP contribution in [-0.4, -0.2) is 17.0 Å². The maximum atomic E-state index is 10.9. The third-order valence-corrected chi connectivity index (χ3v) is 3.69. The van der Waals surface area contributed by atoms with Crippen molar-refractivity contribution in [1.29, 1.82) is 0 Å². The second-order valence-electron chi connectivity index (χ2n) is 4.94. The topological polar surface area (TPSA) is 72.4 Å². The first-order valence-electron chi connectivity index (χ1n) is 6.36. The number of nitro groups is 1. The fraction of sp³-hybridized carbons (Fsp3) is 0.538. The molecule has 18 heavy (non-hydrogen) atoms. The lowest BCUT2D eigenvalue weighted by Gasteiger charge is -2.30. The van der Waals surface area contributed by atoms with Gasteiger partial charge in [0.1, 0.15) is 0 Å². The molecule has 1 aliphatic heterocycles. The van der Waals surface area contributed by atoms with Gasteiger partial charge in [-0.3, -0.25) is 10.1 Å². The summed E-state index contributed by atoms with van der Waals surface area (Å²) in [7, 11) is 0. The lowest BCUT2D eigenvalue weighted by Crippen LogP contribution is -2.34. The summed E-state index contributed by atoms with van der Waals surface area (Å²) in [5.74, 6) is 0. The molecule has 0 aliphatic carbocycles. The van der Waals surface area contributed by atoms with Crippen LogP contribution in [0.1, 0.15) is 33.1 Å². The van der Waals surface area contributed by atoms with E-state index in [-0.39, 0.29) is 10.6 Å². The molecule has 0 saturated carbocycles. The van der Waals surface area contributed by atoms with Crippen molar-refractivity contribution in [3.05, 3.63) is 28.3 Å². The molecular formula is C13H19N3O2. The predicted octanol–water partition coefficient (Wildman–Crippen LogP) is 2.94. The van der Waals surface area contributed by atoms with Gasteiger partial charge in [0.2, 0.25) is 0 Å². The number of hydrogen-bond donors (Lipinski definition) is 1. The number of anilines is 2. The molecule has 0 amide bonds. The molecule has 5 heteroatoms. The van der Waals surface area contributed by atoms with E-state index in [4.69, 9.17) is 5.73 Å². The first-order chi connectivity index (χ1) is 8.52. The van der Waals surface area contributed by atoms with Crippen molar-refractivity contribution in [2.45, 2.75) is 45.2 Å². The quantitative estimate of drug-likeness (QED) is 0.508. The minimum Gasteiger partial charge on any atom is -0.398 e. The number of nitrogen functional groups attached to an aromatic ring is 1. The zero-order chi connectivity index (χ0) is 13.3. The van der Waals surface area contributed by atoms with E-state index in [2.05, 4.69) is 18.7 Å². The summed E-state index contributed by atoms with van der Waals surface area (Å²) in [6.45, 7) is 4.31. The zero-order valence-electron chi connectivity index (χ0n) is 10.8. The van der Waals surface area contributed by atoms with Gasteiger partial charge >= 0.3 is 0 Å². The summed E-state index contributed by atoms with van der Waals surface area (Å²) in [5, 5.41) is 10.9. The van der Waals surface area contributed by atoms with Crippen molar-refractivity contribution in [3.63, 3.8) is 0 Å². The average Bonchev–Trinajstić information content (AvgIpc) is 2.69. The van der Waals surface area contributed by atoms with Crippen molar-refractivity contribution in [2.24, 2.45) is 0 Å². The normalized spacial score (nSPS) is 23.3. The summed E-state index contributed by atoms with van der Waals surface area (Å²) in [6.07, 6.45) is 3.31. The van der Waals surface area contributed by atoms with Gasteiger partial charge in [-0.05, 0) is 32.3 Å². The van der Waals surface area contributed by atoms with Gasteiger partial charge in [0.25, 0.3) is 5.69 Å². The number of nitrogens with zero attached hydrogens (tertiary/aromatic N) is 2. The van der Waals surface area contributed by atoms with Gasteiger partial charge in [-0.1, -0.05) is 6.92 Å². The fourth-order valence-electron chi connectivity index (χ4n) is 2.81. The fourth-order valence-corrected chi connectivity index (χ4v) is 2.81. The first-order valence-corrected chi connectivity index (χ1v) is 6.36. The number of rotatable bonds is 3. The molecule has 2 N–H and O–H groups in total. The molecule has 0 aromatic heterocycles. The van der Waals surface area contributed by atoms with E-state index in [1.165, 1.54) is 6.07 Å². The Labute approximate surface area is 107 Å². The monoisotopic (exact) mass is 249 g/mol. The summed E-state index contributed by atoms with van der Waals surface area (Å²) in [4.78, 5) is 12.8. The Morgan fingerprint density at radius 3 is 2.78 bits per heavy atom. The highest BCUT2D eigenvalue weighted by Gasteiger charge is 2.30. The number of nitrogens with two attached hydrogens (primary N) is 1. The SMILES string of the molecule is CCC1CCC(C)N1c1cc(N)cc([N+](=O)[O-])c1. The van der Waals surface area contributed by atoms with E-state index in [0.717, 1.165) is 24.9 Å². The number of benzene rings is 1. The van der Waals surface area contributed by atoms with Gasteiger partial charge in [-0.2, -0.15) is 0 Å². The largest absolute Gasteiger partial charge is 0.398 e. The van der Waals surface area contributed by atoms with E-state index in [1.807, 2.05) is 6.07 Å². The molecule has 2 rings (SSSR count). The van der Waals surface area contributed by atoms with E-state index in [0.29, 0.717) is 17.8 Å². The van der Waals surface area contributed by atoms with Crippen LogP contribution in [0, 0.1) is 10.1 Å². The van der Waals surface area contributed by atoms with Crippen molar-refractivity contribution in [1.82, 2.24) is 0 Å². The smallest absolute Gasteiger partial charge is 0.273 e. The molecule has 1 aromatic rings. The van der Waals surface area contributed by atoms with Crippen LogP contribution in [0.5, 0.6) is 0 Å². The summed E-state index contributed by atoms with van der Waals surface area (Å²) in [5.41, 5.74) is 7.16. The first kappa shape index (κ1) is 12.7. The molecule has 2 unspecified atom stereocenters. The minimum atomic E-state index is -0.387. The van der Waals surface area contributed by atoms with Crippen LogP contribution in [0.3, 0.4) is 0 Å². The Morgan fingerprint density at radius 2 is 2.17 bits per heavy atom. The molecule has 2 atom stereocenters. The van der Waals surface area contributed by atoms with Gasteiger partial charge in [-0.25, -0.2) is 0 Å². The molecule has 1 aromatic carbocycles. The number of non-ortho nitro benzene ring substituents is 1. The zero-order valence-corrected chi connectivity index (χ0v) is 10.8. The molecule has 1 fully saturated rings. The van der Waals surface area contributed by atoms with Crippen LogP contribution in [0.25, 0.3) is 0 Å². The highest BCUT2D eigenvalue weighted by Crippen LogP contribution is 2.35. The maximum absolute atomic E-state index is 10.9. The molecule has 1 saturated heterocycles. The second-order valence-corrected chi connectivity index (χ2v) is 4.94. The van der Waals surface area contributed by atoms with Crippen LogP contribution in [0.4, 0.5) is 17.1 Å². The molecule has 0 bridgehead atoms. The Balaban J connectivity index is 2.40. The highest BCUT2D eigenvalue weighted by molar-refractivity contribution is 5.64. The third-order valence-electron chi connectivity index (χ3n) is 3.69. The van der Waals surface area contributed by atoms with Gasteiger partial charge in [0, 0.05) is 35.6 Å². The predicted molar refractivity (Wildman–Crippen MR) is 72.8 cm³/mol. The summed E-state index contributed by atoms with van der Waals surface area (Å²) >= 11 is 0. The maximum Gasteiger partial charge on any atom is 0.273 e. The summed E-state index contributed by atoms with van der Waals surface area (Å²) < 4.78 is 0. The molecular weight excluding hydrogens is 230 g/mol. The van der Waals surface area contributed by atoms with E-state index >= 15 is 0 Å². The molecule has 1 heterocycles. The van der Waals surface area contributed by atoms with Crippen molar-refractivity contribution < 1.29 is 4.92 Å². The Bertz CT molecular complexity index is 462. The number of nitro benzene ring substituents is 1.